The van der Waals surface area contributed by atoms with Crippen molar-refractivity contribution in [3.8, 4) is 0 Å². The molecule has 1 aromatic heterocycles. The van der Waals surface area contributed by atoms with Gasteiger partial charge >= 0.3 is 5.97 Å². The Morgan fingerprint density at radius 2 is 2.26 bits per heavy atom. The maximum Gasteiger partial charge on any atom is 0.320 e. The first-order chi connectivity index (χ1) is 8.90. The number of aromatic nitrogens is 1. The number of nitrogens with zero attached hydrogens (tertiary/aromatic N) is 1. The molecule has 0 aliphatic carbocycles. The van der Waals surface area contributed by atoms with E-state index in [0.717, 1.165) is 0 Å². The molecule has 1 aromatic carbocycles. The van der Waals surface area contributed by atoms with E-state index in [9.17, 15) is 14.9 Å². The van der Waals surface area contributed by atoms with E-state index in [4.69, 9.17) is 10.8 Å². The van der Waals surface area contributed by atoms with Gasteiger partial charge in [-0.2, -0.15) is 0 Å². The number of hydrogen-bond donors (Lipinski definition) is 3. The van der Waals surface area contributed by atoms with Gasteiger partial charge in [0.25, 0.3) is 5.69 Å². The fraction of sp³-hybridized carbons (Fsp3) is 0.182. The molecule has 4 N–H and O–H groups in total. The van der Waals surface area contributed by atoms with Crippen LogP contribution in [-0.2, 0) is 11.2 Å². The van der Waals surface area contributed by atoms with E-state index in [0.29, 0.717) is 20.9 Å². The number of carboxylic acid groups (broad SMARTS) is 1. The van der Waals surface area contributed by atoms with Crippen LogP contribution in [0.2, 0.25) is 0 Å². The maximum atomic E-state index is 11.1. The number of nitro benzene ring substituents is 1. The van der Waals surface area contributed by atoms with Gasteiger partial charge in [0.2, 0.25) is 0 Å². The van der Waals surface area contributed by atoms with Crippen molar-refractivity contribution < 1.29 is 14.8 Å². The minimum atomic E-state index is -1.14. The molecule has 2 aromatic rings. The van der Waals surface area contributed by atoms with Crippen LogP contribution < -0.4 is 5.73 Å². The highest BCUT2D eigenvalue weighted by Crippen LogP contribution is 2.32. The van der Waals surface area contributed by atoms with Gasteiger partial charge in [0.05, 0.1) is 15.8 Å². The molecule has 0 aliphatic rings. The number of aliphatic carboxylic acids is 1. The first-order valence-corrected chi connectivity index (χ1v) is 6.11. The molecule has 0 radical (unpaired) electrons. The predicted octanol–water partition coefficient (Wildman–Crippen LogP) is 1.79. The highest BCUT2D eigenvalue weighted by Gasteiger charge is 2.21. The lowest BCUT2D eigenvalue weighted by atomic mass is 10.0. The largest absolute Gasteiger partial charge is 0.480 e. The van der Waals surface area contributed by atoms with E-state index in [1.807, 2.05) is 0 Å². The number of nitrogens with one attached hydrogen (secondary N) is 1. The standard InChI is InChI=1S/C11H10BrN3O4/c12-6-2-8-10(9(3-6)15(18)19)5(4-14-8)1-7(13)11(16)17/h2-4,7,14H,1,13H2,(H,16,17)/t7-/m0/s1. The average Bonchev–Trinajstić information content (AvgIpc) is 2.70. The molecule has 0 saturated carbocycles. The normalized spacial score (nSPS) is 12.5. The van der Waals surface area contributed by atoms with Crippen LogP contribution in [0.4, 0.5) is 5.69 Å². The number of nitrogens with two attached hydrogens (primary N) is 1. The van der Waals surface area contributed by atoms with E-state index in [2.05, 4.69) is 20.9 Å². The van der Waals surface area contributed by atoms with Gasteiger partial charge in [-0.3, -0.25) is 14.9 Å². The van der Waals surface area contributed by atoms with Gasteiger partial charge in [0.15, 0.2) is 0 Å². The van der Waals surface area contributed by atoms with E-state index in [-0.39, 0.29) is 12.1 Å². The van der Waals surface area contributed by atoms with Crippen molar-refractivity contribution in [1.29, 1.82) is 0 Å². The fourth-order valence-corrected chi connectivity index (χ4v) is 2.36. The minimum Gasteiger partial charge on any atom is -0.480 e. The smallest absolute Gasteiger partial charge is 0.320 e. The highest BCUT2D eigenvalue weighted by molar-refractivity contribution is 9.10. The minimum absolute atomic E-state index is 0.0256. The molecule has 0 amide bonds. The summed E-state index contributed by atoms with van der Waals surface area (Å²) < 4.78 is 0.572. The highest BCUT2D eigenvalue weighted by atomic mass is 79.9. The van der Waals surface area contributed by atoms with Gasteiger partial charge in [-0.05, 0) is 11.6 Å². The van der Waals surface area contributed by atoms with E-state index >= 15 is 0 Å². The molecule has 0 saturated heterocycles. The number of fused-ring (bicyclic) bond motifs is 1. The van der Waals surface area contributed by atoms with Crippen molar-refractivity contribution in [1.82, 2.24) is 4.98 Å². The zero-order chi connectivity index (χ0) is 14.2. The van der Waals surface area contributed by atoms with E-state index in [1.54, 1.807) is 12.3 Å². The Kier molecular flexibility index (Phi) is 3.54. The number of hydrogen-bond acceptors (Lipinski definition) is 4. The monoisotopic (exact) mass is 327 g/mol. The van der Waals surface area contributed by atoms with Crippen molar-refractivity contribution in [2.24, 2.45) is 5.73 Å². The zero-order valence-electron chi connectivity index (χ0n) is 9.59. The second-order valence-electron chi connectivity index (χ2n) is 4.07. The Balaban J connectivity index is 2.57. The van der Waals surface area contributed by atoms with Gasteiger partial charge in [-0.15, -0.1) is 0 Å². The third kappa shape index (κ3) is 2.59. The molecular weight excluding hydrogens is 318 g/mol. The molecule has 0 bridgehead atoms. The summed E-state index contributed by atoms with van der Waals surface area (Å²) in [6.07, 6.45) is 1.57. The number of halogens is 1. The van der Waals surface area contributed by atoms with Crippen LogP contribution >= 0.6 is 15.9 Å². The molecule has 100 valence electrons. The number of H-pyrrole nitrogens is 1. The van der Waals surface area contributed by atoms with Gasteiger partial charge in [0, 0.05) is 23.2 Å². The summed E-state index contributed by atoms with van der Waals surface area (Å²) in [5, 5.41) is 20.3. The molecule has 7 nitrogen and oxygen atoms in total. The Hall–Kier alpha value is -1.93. The first-order valence-electron chi connectivity index (χ1n) is 5.32. The van der Waals surface area contributed by atoms with Crippen molar-refractivity contribution in [3.63, 3.8) is 0 Å². The lowest BCUT2D eigenvalue weighted by Gasteiger charge is -2.05. The maximum absolute atomic E-state index is 11.1. The molecule has 1 heterocycles. The molecule has 1 atom stereocenters. The molecule has 2 rings (SSSR count). The van der Waals surface area contributed by atoms with Crippen molar-refractivity contribution in [3.05, 3.63) is 38.5 Å². The van der Waals surface area contributed by atoms with Crippen LogP contribution in [0.15, 0.2) is 22.8 Å². The summed E-state index contributed by atoms with van der Waals surface area (Å²) in [5.41, 5.74) is 6.46. The molecule has 0 fully saturated rings. The number of aromatic amines is 1. The van der Waals surface area contributed by atoms with Crippen molar-refractivity contribution in [2.75, 3.05) is 0 Å². The summed E-state index contributed by atoms with van der Waals surface area (Å²) in [7, 11) is 0. The Morgan fingerprint density at radius 1 is 1.58 bits per heavy atom. The Morgan fingerprint density at radius 3 is 2.84 bits per heavy atom. The van der Waals surface area contributed by atoms with E-state index < -0.39 is 16.9 Å². The summed E-state index contributed by atoms with van der Waals surface area (Å²) >= 11 is 3.19. The summed E-state index contributed by atoms with van der Waals surface area (Å²) in [4.78, 5) is 24.2. The number of benzene rings is 1. The molecule has 0 spiro atoms. The molecular formula is C11H10BrN3O4. The van der Waals surface area contributed by atoms with Gasteiger partial charge < -0.3 is 15.8 Å². The number of carboxylic acids is 1. The second-order valence-corrected chi connectivity index (χ2v) is 4.98. The Bertz CT molecular complexity index is 667. The molecule has 0 aliphatic heterocycles. The average molecular weight is 328 g/mol. The second kappa shape index (κ2) is 4.98. The van der Waals surface area contributed by atoms with Gasteiger partial charge in [-0.1, -0.05) is 15.9 Å². The number of carbonyl (C=O) groups is 1. The predicted molar refractivity (Wildman–Crippen MR) is 72.0 cm³/mol. The fourth-order valence-electron chi connectivity index (χ4n) is 1.91. The zero-order valence-corrected chi connectivity index (χ0v) is 11.2. The number of nitro groups is 1. The van der Waals surface area contributed by atoms with Crippen LogP contribution in [-0.4, -0.2) is 27.0 Å². The third-order valence-electron chi connectivity index (χ3n) is 2.76. The molecule has 19 heavy (non-hydrogen) atoms. The topological polar surface area (TPSA) is 122 Å². The van der Waals surface area contributed by atoms with Crippen molar-refractivity contribution >= 4 is 38.5 Å². The lowest BCUT2D eigenvalue weighted by Crippen LogP contribution is -2.32. The lowest BCUT2D eigenvalue weighted by molar-refractivity contribution is -0.383. The number of rotatable bonds is 4. The Labute approximate surface area is 115 Å². The van der Waals surface area contributed by atoms with Gasteiger partial charge in [-0.25, -0.2) is 0 Å². The van der Waals surface area contributed by atoms with Crippen LogP contribution in [0.1, 0.15) is 5.56 Å². The third-order valence-corrected chi connectivity index (χ3v) is 3.22. The molecule has 8 heteroatoms. The molecule has 0 unspecified atom stereocenters. The first kappa shape index (κ1) is 13.5. The van der Waals surface area contributed by atoms with Gasteiger partial charge in [0.1, 0.15) is 6.04 Å². The number of non-ortho nitro benzene ring substituents is 1. The van der Waals surface area contributed by atoms with Crippen LogP contribution in [0, 0.1) is 10.1 Å². The van der Waals surface area contributed by atoms with Crippen LogP contribution in [0.25, 0.3) is 10.9 Å². The van der Waals surface area contributed by atoms with Crippen LogP contribution in [0.5, 0.6) is 0 Å². The van der Waals surface area contributed by atoms with Crippen molar-refractivity contribution in [2.45, 2.75) is 12.5 Å². The summed E-state index contributed by atoms with van der Waals surface area (Å²) in [6.45, 7) is 0. The quantitative estimate of drug-likeness (QED) is 0.583. The van der Waals surface area contributed by atoms with E-state index in [1.165, 1.54) is 6.07 Å². The summed E-state index contributed by atoms with van der Waals surface area (Å²) in [5.74, 6) is -1.14. The summed E-state index contributed by atoms with van der Waals surface area (Å²) in [6, 6.07) is 1.98. The van der Waals surface area contributed by atoms with Crippen LogP contribution in [0.3, 0.4) is 0 Å². The SMILES string of the molecule is N[C@@H](Cc1c[nH]c2cc(Br)cc([N+](=O)[O-])c12)C(=O)O.